The molecule has 0 spiro atoms. The fraction of sp³-hybridized carbons (Fsp3) is 0.333. The third-order valence-corrected chi connectivity index (χ3v) is 4.60. The minimum atomic E-state index is -0.129. The van der Waals surface area contributed by atoms with Crippen LogP contribution in [0.5, 0.6) is 5.75 Å². The Morgan fingerprint density at radius 1 is 1.00 bits per heavy atom. The van der Waals surface area contributed by atoms with Crippen LogP contribution in [0.3, 0.4) is 0 Å². The second-order valence-corrected chi connectivity index (χ2v) is 6.90. The first-order valence-electron chi connectivity index (χ1n) is 9.28. The monoisotopic (exact) mass is 404 g/mol. The van der Waals surface area contributed by atoms with Crippen molar-refractivity contribution in [3.8, 4) is 5.75 Å². The van der Waals surface area contributed by atoms with Crippen molar-refractivity contribution in [3.63, 3.8) is 0 Å². The predicted molar refractivity (Wildman–Crippen MR) is 111 cm³/mol. The number of halogens is 1. The molecule has 2 aromatic carbocycles. The van der Waals surface area contributed by atoms with Gasteiger partial charge in [0, 0.05) is 17.3 Å². The normalized spacial score (nSPS) is 11.5. The highest BCUT2D eigenvalue weighted by Gasteiger charge is 2.16. The molecule has 0 aliphatic heterocycles. The summed E-state index contributed by atoms with van der Waals surface area (Å²) in [5.74, 6) is 0.535. The van der Waals surface area contributed by atoms with Gasteiger partial charge in [0.05, 0.1) is 13.7 Å². The highest BCUT2D eigenvalue weighted by Crippen LogP contribution is 2.14. The van der Waals surface area contributed by atoms with Crippen LogP contribution in [0.2, 0.25) is 5.02 Å². The number of ether oxygens (including phenoxy) is 1. The molecular weight excluding hydrogens is 378 g/mol. The smallest absolute Gasteiger partial charge is 0.279 e. The van der Waals surface area contributed by atoms with Crippen LogP contribution in [-0.2, 0) is 16.0 Å². The summed E-state index contributed by atoms with van der Waals surface area (Å²) in [5, 5.41) is 6.45. The molecule has 1 unspecified atom stereocenters. The Bertz CT molecular complexity index is 763. The van der Waals surface area contributed by atoms with E-state index in [1.165, 1.54) is 0 Å². The van der Waals surface area contributed by atoms with Gasteiger partial charge in [0.2, 0.25) is 0 Å². The van der Waals surface area contributed by atoms with Crippen LogP contribution >= 0.6 is 11.6 Å². The maximum atomic E-state index is 12.2. The van der Waals surface area contributed by atoms with Gasteiger partial charge in [0.1, 0.15) is 5.75 Å². The van der Waals surface area contributed by atoms with Gasteiger partial charge in [-0.05, 0) is 55.3 Å². The molecule has 0 aromatic heterocycles. The van der Waals surface area contributed by atoms with E-state index < -0.39 is 0 Å². The first-order valence-corrected chi connectivity index (χ1v) is 9.66. The lowest BCUT2D eigenvalue weighted by Crippen LogP contribution is -3.14. The van der Waals surface area contributed by atoms with Crippen molar-refractivity contribution in [3.05, 3.63) is 59.1 Å². The van der Waals surface area contributed by atoms with Crippen LogP contribution in [-0.4, -0.2) is 45.1 Å². The number of nitrogens with one attached hydrogen (secondary N) is 3. The lowest BCUT2D eigenvalue weighted by molar-refractivity contribution is -0.881. The summed E-state index contributed by atoms with van der Waals surface area (Å²) >= 11 is 5.86. The number of amides is 2. The van der Waals surface area contributed by atoms with E-state index in [0.717, 1.165) is 22.6 Å². The maximum absolute atomic E-state index is 12.2. The second-order valence-electron chi connectivity index (χ2n) is 6.46. The standard InChI is InChI=1S/C21H26ClN3O3/c1-3-25(15-21(27)24-18-8-10-19(28-2)11-9-18)14-20(26)23-13-12-16-4-6-17(22)7-5-16/h4-11H,3,12-15H2,1-2H3,(H,23,26)(H,24,27)/p+1. The van der Waals surface area contributed by atoms with E-state index in [9.17, 15) is 9.59 Å². The summed E-state index contributed by atoms with van der Waals surface area (Å²) in [7, 11) is 1.59. The number of hydrogen-bond donors (Lipinski definition) is 3. The lowest BCUT2D eigenvalue weighted by Gasteiger charge is -2.17. The van der Waals surface area contributed by atoms with Gasteiger partial charge in [-0.15, -0.1) is 0 Å². The average molecular weight is 405 g/mol. The number of hydrogen-bond acceptors (Lipinski definition) is 3. The summed E-state index contributed by atoms with van der Waals surface area (Å²) in [6.45, 7) is 3.67. The molecule has 2 rings (SSSR count). The van der Waals surface area contributed by atoms with E-state index in [0.29, 0.717) is 23.8 Å². The number of rotatable bonds is 10. The Kier molecular flexibility index (Phi) is 8.78. The lowest BCUT2D eigenvalue weighted by atomic mass is 10.1. The molecule has 28 heavy (non-hydrogen) atoms. The van der Waals surface area contributed by atoms with E-state index in [2.05, 4.69) is 10.6 Å². The van der Waals surface area contributed by atoms with E-state index in [4.69, 9.17) is 16.3 Å². The Labute approximate surface area is 170 Å². The summed E-state index contributed by atoms with van der Waals surface area (Å²) < 4.78 is 5.10. The van der Waals surface area contributed by atoms with Gasteiger partial charge in [-0.25, -0.2) is 0 Å². The Balaban J connectivity index is 1.73. The summed E-state index contributed by atoms with van der Waals surface area (Å²) in [6, 6.07) is 14.7. The van der Waals surface area contributed by atoms with Gasteiger partial charge in [0.25, 0.3) is 11.8 Å². The van der Waals surface area contributed by atoms with E-state index >= 15 is 0 Å². The van der Waals surface area contributed by atoms with E-state index in [1.54, 1.807) is 31.4 Å². The third-order valence-electron chi connectivity index (χ3n) is 4.34. The summed E-state index contributed by atoms with van der Waals surface area (Å²) in [6.07, 6.45) is 0.738. The maximum Gasteiger partial charge on any atom is 0.279 e. The minimum Gasteiger partial charge on any atom is -0.497 e. The number of likely N-dealkylation sites (N-methyl/N-ethyl adjacent to an activating group) is 1. The fourth-order valence-electron chi connectivity index (χ4n) is 2.71. The molecule has 0 heterocycles. The molecule has 150 valence electrons. The number of quaternary nitrogens is 1. The predicted octanol–water partition coefficient (Wildman–Crippen LogP) is 1.55. The summed E-state index contributed by atoms with van der Waals surface area (Å²) in [4.78, 5) is 25.3. The van der Waals surface area contributed by atoms with Gasteiger partial charge in [-0.3, -0.25) is 9.59 Å². The molecule has 0 radical (unpaired) electrons. The van der Waals surface area contributed by atoms with E-state index in [-0.39, 0.29) is 24.9 Å². The molecule has 0 fully saturated rings. The molecule has 2 amide bonds. The van der Waals surface area contributed by atoms with Crippen molar-refractivity contribution in [2.45, 2.75) is 13.3 Å². The highest BCUT2D eigenvalue weighted by atomic mass is 35.5. The van der Waals surface area contributed by atoms with Crippen molar-refractivity contribution in [1.29, 1.82) is 0 Å². The van der Waals surface area contributed by atoms with Gasteiger partial charge in [-0.1, -0.05) is 23.7 Å². The molecule has 0 saturated carbocycles. The Hall–Kier alpha value is -2.57. The van der Waals surface area contributed by atoms with Gasteiger partial charge in [-0.2, -0.15) is 0 Å². The van der Waals surface area contributed by atoms with Gasteiger partial charge >= 0.3 is 0 Å². The average Bonchev–Trinajstić information content (AvgIpc) is 2.69. The fourth-order valence-corrected chi connectivity index (χ4v) is 2.83. The van der Waals surface area contributed by atoms with Crippen molar-refractivity contribution < 1.29 is 19.2 Å². The third kappa shape index (κ3) is 7.58. The molecule has 0 aliphatic rings. The van der Waals surface area contributed by atoms with Crippen LogP contribution < -0.4 is 20.3 Å². The van der Waals surface area contributed by atoms with E-state index in [1.807, 2.05) is 31.2 Å². The summed E-state index contributed by atoms with van der Waals surface area (Å²) in [5.41, 5.74) is 1.82. The van der Waals surface area contributed by atoms with Gasteiger partial charge < -0.3 is 20.3 Å². The van der Waals surface area contributed by atoms with Crippen LogP contribution in [0, 0.1) is 0 Å². The number of anilines is 1. The van der Waals surface area contributed by atoms with Crippen molar-refractivity contribution in [1.82, 2.24) is 5.32 Å². The molecule has 7 heteroatoms. The molecule has 3 N–H and O–H groups in total. The first kappa shape index (κ1) is 21.7. The van der Waals surface area contributed by atoms with Gasteiger partial charge in [0.15, 0.2) is 13.1 Å². The molecule has 0 bridgehead atoms. The molecular formula is C21H27ClN3O3+. The van der Waals surface area contributed by atoms with Crippen molar-refractivity contribution >= 4 is 29.1 Å². The van der Waals surface area contributed by atoms with Crippen molar-refractivity contribution in [2.24, 2.45) is 0 Å². The number of methoxy groups -OCH3 is 1. The molecule has 2 aromatic rings. The van der Waals surface area contributed by atoms with Crippen LogP contribution in [0.4, 0.5) is 5.69 Å². The molecule has 6 nitrogen and oxygen atoms in total. The number of carbonyl (C=O) groups excluding carboxylic acids is 2. The quantitative estimate of drug-likeness (QED) is 0.562. The Morgan fingerprint density at radius 3 is 2.25 bits per heavy atom. The zero-order valence-corrected chi connectivity index (χ0v) is 17.0. The zero-order valence-electron chi connectivity index (χ0n) is 16.3. The largest absolute Gasteiger partial charge is 0.497 e. The minimum absolute atomic E-state index is 0.0666. The van der Waals surface area contributed by atoms with Crippen LogP contribution in [0.1, 0.15) is 12.5 Å². The first-order chi connectivity index (χ1) is 13.5. The number of benzene rings is 2. The highest BCUT2D eigenvalue weighted by molar-refractivity contribution is 6.30. The van der Waals surface area contributed by atoms with Crippen LogP contribution in [0.15, 0.2) is 48.5 Å². The molecule has 0 aliphatic carbocycles. The SMILES string of the molecule is CC[NH+](CC(=O)NCCc1ccc(Cl)cc1)CC(=O)Nc1ccc(OC)cc1. The van der Waals surface area contributed by atoms with Crippen LogP contribution in [0.25, 0.3) is 0 Å². The molecule has 1 atom stereocenters. The molecule has 0 saturated heterocycles. The van der Waals surface area contributed by atoms with Crippen molar-refractivity contribution in [2.75, 3.05) is 38.6 Å². The zero-order chi connectivity index (χ0) is 20.4. The topological polar surface area (TPSA) is 71.9 Å². The Morgan fingerprint density at radius 2 is 1.64 bits per heavy atom. The number of carbonyl (C=O) groups is 2. The second kappa shape index (κ2) is 11.3.